The molecule has 4 rings (SSSR count). The molecule has 0 saturated carbocycles. The van der Waals surface area contributed by atoms with Crippen LogP contribution in [0, 0.1) is 5.41 Å². The summed E-state index contributed by atoms with van der Waals surface area (Å²) in [5.41, 5.74) is 3.92. The highest BCUT2D eigenvalue weighted by Crippen LogP contribution is 2.27. The number of pyridine rings is 1. The highest BCUT2D eigenvalue weighted by Gasteiger charge is 2.19. The fourth-order valence-corrected chi connectivity index (χ4v) is 3.73. The normalized spacial score (nSPS) is 14.3. The van der Waals surface area contributed by atoms with Gasteiger partial charge in [0, 0.05) is 30.5 Å². The quantitative estimate of drug-likeness (QED) is 0.443. The largest absolute Gasteiger partial charge is 0.491 e. The van der Waals surface area contributed by atoms with Crippen molar-refractivity contribution in [3.05, 3.63) is 54.2 Å². The Kier molecular flexibility index (Phi) is 7.14. The first-order valence-electron chi connectivity index (χ1n) is 11.0. The SMILES string of the molecule is CCC(=N)c1ccc(-c2ccnn2-c2ccc(OCCO)cc2)nc1NC1CCOCC1. The second kappa shape index (κ2) is 10.4. The zero-order valence-corrected chi connectivity index (χ0v) is 18.3. The van der Waals surface area contributed by atoms with Crippen LogP contribution in [0.4, 0.5) is 5.82 Å². The van der Waals surface area contributed by atoms with Gasteiger partial charge in [-0.05, 0) is 61.7 Å². The first kappa shape index (κ1) is 22.0. The van der Waals surface area contributed by atoms with E-state index in [2.05, 4.69) is 10.4 Å². The molecule has 1 aliphatic rings. The molecule has 0 atom stereocenters. The number of aromatic nitrogens is 3. The van der Waals surface area contributed by atoms with E-state index in [-0.39, 0.29) is 19.3 Å². The maximum Gasteiger partial charge on any atom is 0.136 e. The molecule has 2 aromatic heterocycles. The molecule has 0 unspecified atom stereocenters. The molecule has 0 amide bonds. The van der Waals surface area contributed by atoms with Crippen molar-refractivity contribution in [2.75, 3.05) is 31.7 Å². The van der Waals surface area contributed by atoms with Gasteiger partial charge in [-0.3, -0.25) is 0 Å². The van der Waals surface area contributed by atoms with Crippen molar-refractivity contribution < 1.29 is 14.6 Å². The fraction of sp³-hybridized carbons (Fsp3) is 0.375. The van der Waals surface area contributed by atoms with Gasteiger partial charge in [0.1, 0.15) is 18.2 Å². The van der Waals surface area contributed by atoms with Crippen molar-refractivity contribution in [2.24, 2.45) is 0 Å². The molecule has 3 N–H and O–H groups in total. The number of benzene rings is 1. The molecule has 1 saturated heterocycles. The number of aliphatic hydroxyl groups is 1. The van der Waals surface area contributed by atoms with Gasteiger partial charge < -0.3 is 25.3 Å². The third-order valence-electron chi connectivity index (χ3n) is 5.48. The number of nitrogens with one attached hydrogen (secondary N) is 2. The average Bonchev–Trinajstić information content (AvgIpc) is 3.33. The number of nitrogens with zero attached hydrogens (tertiary/aromatic N) is 3. The Morgan fingerprint density at radius 1 is 1.19 bits per heavy atom. The zero-order valence-electron chi connectivity index (χ0n) is 18.3. The highest BCUT2D eigenvalue weighted by molar-refractivity contribution is 6.02. The van der Waals surface area contributed by atoms with Crippen LogP contribution in [-0.2, 0) is 4.74 Å². The molecule has 32 heavy (non-hydrogen) atoms. The first-order valence-corrected chi connectivity index (χ1v) is 11.0. The summed E-state index contributed by atoms with van der Waals surface area (Å²) in [6.07, 6.45) is 4.24. The number of aliphatic hydroxyl groups excluding tert-OH is 1. The van der Waals surface area contributed by atoms with E-state index < -0.39 is 0 Å². The van der Waals surface area contributed by atoms with E-state index in [4.69, 9.17) is 25.0 Å². The van der Waals surface area contributed by atoms with Gasteiger partial charge in [-0.25, -0.2) is 9.67 Å². The molecule has 3 aromatic rings. The van der Waals surface area contributed by atoms with Gasteiger partial charge in [-0.15, -0.1) is 0 Å². The van der Waals surface area contributed by atoms with E-state index in [1.807, 2.05) is 54.1 Å². The summed E-state index contributed by atoms with van der Waals surface area (Å²) in [4.78, 5) is 4.92. The second-order valence-electron chi connectivity index (χ2n) is 7.65. The van der Waals surface area contributed by atoms with Crippen molar-refractivity contribution in [1.82, 2.24) is 14.8 Å². The summed E-state index contributed by atoms with van der Waals surface area (Å²) >= 11 is 0. The van der Waals surface area contributed by atoms with Gasteiger partial charge >= 0.3 is 0 Å². The van der Waals surface area contributed by atoms with Crippen LogP contribution < -0.4 is 10.1 Å². The Bertz CT molecular complexity index is 1040. The summed E-state index contributed by atoms with van der Waals surface area (Å²) in [5.74, 6) is 1.43. The van der Waals surface area contributed by atoms with Gasteiger partial charge in [0.25, 0.3) is 0 Å². The van der Waals surface area contributed by atoms with Crippen molar-refractivity contribution >= 4 is 11.5 Å². The van der Waals surface area contributed by atoms with Crippen molar-refractivity contribution in [1.29, 1.82) is 5.41 Å². The summed E-state index contributed by atoms with van der Waals surface area (Å²) < 4.78 is 12.8. The summed E-state index contributed by atoms with van der Waals surface area (Å²) in [6, 6.07) is 13.7. The molecule has 8 nitrogen and oxygen atoms in total. The molecular formula is C24H29N5O3. The third kappa shape index (κ3) is 4.98. The third-order valence-corrected chi connectivity index (χ3v) is 5.48. The molecule has 1 aliphatic heterocycles. The lowest BCUT2D eigenvalue weighted by Crippen LogP contribution is -2.29. The minimum absolute atomic E-state index is 0.0214. The molecular weight excluding hydrogens is 406 g/mol. The van der Waals surface area contributed by atoms with E-state index in [0.717, 1.165) is 54.5 Å². The maximum absolute atomic E-state index is 8.92. The number of hydrogen-bond donors (Lipinski definition) is 3. The van der Waals surface area contributed by atoms with Gasteiger partial charge in [0.15, 0.2) is 0 Å². The Labute approximate surface area is 187 Å². The Morgan fingerprint density at radius 2 is 1.97 bits per heavy atom. The Morgan fingerprint density at radius 3 is 2.69 bits per heavy atom. The summed E-state index contributed by atoms with van der Waals surface area (Å²) in [6.45, 7) is 3.70. The van der Waals surface area contributed by atoms with Crippen LogP contribution in [0.3, 0.4) is 0 Å². The van der Waals surface area contributed by atoms with Crippen molar-refractivity contribution in [2.45, 2.75) is 32.2 Å². The molecule has 1 fully saturated rings. The molecule has 168 valence electrons. The lowest BCUT2D eigenvalue weighted by atomic mass is 10.1. The van der Waals surface area contributed by atoms with Crippen LogP contribution in [-0.4, -0.2) is 58.1 Å². The lowest BCUT2D eigenvalue weighted by molar-refractivity contribution is 0.0904. The molecule has 1 aromatic carbocycles. The van der Waals surface area contributed by atoms with Gasteiger partial charge in [0.05, 0.1) is 29.9 Å². The lowest BCUT2D eigenvalue weighted by Gasteiger charge is -2.25. The van der Waals surface area contributed by atoms with E-state index in [9.17, 15) is 0 Å². The number of anilines is 1. The van der Waals surface area contributed by atoms with Crippen LogP contribution in [0.1, 0.15) is 31.7 Å². The van der Waals surface area contributed by atoms with E-state index in [1.165, 1.54) is 0 Å². The summed E-state index contributed by atoms with van der Waals surface area (Å²) in [7, 11) is 0. The standard InChI is InChI=1S/C24H29N5O3/c1-2-21(25)20-7-8-22(28-24(20)27-17-10-14-31-15-11-17)23-9-12-26-29(23)18-3-5-19(6-4-18)32-16-13-30/h3-9,12,17,25,30H,2,10-11,13-16H2,1H3,(H,27,28). The number of hydrogen-bond acceptors (Lipinski definition) is 7. The van der Waals surface area contributed by atoms with Crippen LogP contribution >= 0.6 is 0 Å². The van der Waals surface area contributed by atoms with Crippen LogP contribution in [0.25, 0.3) is 17.1 Å². The number of ether oxygens (including phenoxy) is 2. The van der Waals surface area contributed by atoms with Crippen LogP contribution in [0.5, 0.6) is 5.75 Å². The average molecular weight is 436 g/mol. The van der Waals surface area contributed by atoms with E-state index in [1.54, 1.807) is 6.20 Å². The monoisotopic (exact) mass is 435 g/mol. The van der Waals surface area contributed by atoms with E-state index in [0.29, 0.717) is 17.9 Å². The molecule has 3 heterocycles. The molecule has 8 heteroatoms. The molecule has 0 radical (unpaired) electrons. The minimum atomic E-state index is -0.0214. The molecule has 0 spiro atoms. The topological polar surface area (TPSA) is 105 Å². The van der Waals surface area contributed by atoms with Gasteiger partial charge in [-0.1, -0.05) is 6.92 Å². The fourth-order valence-electron chi connectivity index (χ4n) is 3.73. The second-order valence-corrected chi connectivity index (χ2v) is 7.65. The predicted molar refractivity (Wildman–Crippen MR) is 124 cm³/mol. The molecule has 0 bridgehead atoms. The van der Waals surface area contributed by atoms with Gasteiger partial charge in [0.2, 0.25) is 0 Å². The smallest absolute Gasteiger partial charge is 0.136 e. The van der Waals surface area contributed by atoms with Crippen molar-refractivity contribution in [3.8, 4) is 22.8 Å². The Balaban J connectivity index is 1.64. The van der Waals surface area contributed by atoms with Crippen LogP contribution in [0.2, 0.25) is 0 Å². The predicted octanol–water partition coefficient (Wildman–Crippen LogP) is 3.67. The van der Waals surface area contributed by atoms with Crippen molar-refractivity contribution in [3.63, 3.8) is 0 Å². The zero-order chi connectivity index (χ0) is 22.3. The highest BCUT2D eigenvalue weighted by atomic mass is 16.5. The van der Waals surface area contributed by atoms with Gasteiger partial charge in [-0.2, -0.15) is 5.10 Å². The Hall–Kier alpha value is -3.23. The maximum atomic E-state index is 8.92. The molecule has 0 aliphatic carbocycles. The van der Waals surface area contributed by atoms with E-state index >= 15 is 0 Å². The number of rotatable bonds is 9. The summed E-state index contributed by atoms with van der Waals surface area (Å²) in [5, 5.41) is 25.3. The minimum Gasteiger partial charge on any atom is -0.491 e. The first-order chi connectivity index (χ1) is 15.7. The van der Waals surface area contributed by atoms with Crippen LogP contribution in [0.15, 0.2) is 48.7 Å².